The number of aliphatic hydroxyl groups is 2. The van der Waals surface area contributed by atoms with Crippen LogP contribution >= 0.6 is 0 Å². The number of hydrogen-bond donors (Lipinski definition) is 2. The molecule has 118 valence electrons. The second kappa shape index (κ2) is 5.40. The molecule has 1 aliphatic rings. The van der Waals surface area contributed by atoms with E-state index in [9.17, 15) is 23.4 Å². The van der Waals surface area contributed by atoms with Crippen molar-refractivity contribution in [1.82, 2.24) is 9.55 Å². The Kier molecular flexibility index (Phi) is 3.70. The molecule has 1 aromatic heterocycles. The largest absolute Gasteiger partial charge is 0.416 e. The van der Waals surface area contributed by atoms with E-state index >= 15 is 0 Å². The Morgan fingerprint density at radius 3 is 2.59 bits per heavy atom. The van der Waals surface area contributed by atoms with E-state index in [1.54, 1.807) is 16.8 Å². The van der Waals surface area contributed by atoms with E-state index in [0.29, 0.717) is 24.2 Å². The summed E-state index contributed by atoms with van der Waals surface area (Å²) in [5.41, 5.74) is -0.417. The van der Waals surface area contributed by atoms with Crippen molar-refractivity contribution in [1.29, 1.82) is 0 Å². The molecular weight excluding hydrogens is 297 g/mol. The standard InChI is InChI=1S/C15H15F3N2O2/c16-15(17,18)10-3-1-2-9(8-10)14-19-6-7-20(14)11-4-5-12(21)13(11)22/h1-3,6-8,11-13,21-22H,4-5H2/t11-,12-,13+/m1/s1. The van der Waals surface area contributed by atoms with Crippen molar-refractivity contribution in [3.8, 4) is 11.4 Å². The van der Waals surface area contributed by atoms with E-state index < -0.39 is 23.9 Å². The van der Waals surface area contributed by atoms with E-state index in [2.05, 4.69) is 4.98 Å². The first-order chi connectivity index (χ1) is 10.4. The molecule has 3 rings (SSSR count). The Balaban J connectivity index is 1.99. The minimum Gasteiger partial charge on any atom is -0.390 e. The lowest BCUT2D eigenvalue weighted by molar-refractivity contribution is -0.137. The highest BCUT2D eigenvalue weighted by Gasteiger charge is 2.36. The number of benzene rings is 1. The van der Waals surface area contributed by atoms with Gasteiger partial charge in [0.25, 0.3) is 0 Å². The summed E-state index contributed by atoms with van der Waals surface area (Å²) in [6.07, 6.45) is -2.10. The quantitative estimate of drug-likeness (QED) is 0.896. The van der Waals surface area contributed by atoms with Gasteiger partial charge in [-0.2, -0.15) is 13.2 Å². The Morgan fingerprint density at radius 2 is 1.95 bits per heavy atom. The van der Waals surface area contributed by atoms with Gasteiger partial charge in [-0.25, -0.2) is 4.98 Å². The maximum atomic E-state index is 12.8. The molecule has 0 bridgehead atoms. The Labute approximate surface area is 124 Å². The van der Waals surface area contributed by atoms with Crippen LogP contribution < -0.4 is 0 Å². The van der Waals surface area contributed by atoms with E-state index in [4.69, 9.17) is 0 Å². The van der Waals surface area contributed by atoms with Gasteiger partial charge in [-0.15, -0.1) is 0 Å². The van der Waals surface area contributed by atoms with Gasteiger partial charge in [0.15, 0.2) is 0 Å². The zero-order chi connectivity index (χ0) is 15.9. The van der Waals surface area contributed by atoms with Crippen molar-refractivity contribution in [2.24, 2.45) is 0 Å². The number of alkyl halides is 3. The first kappa shape index (κ1) is 15.1. The molecule has 22 heavy (non-hydrogen) atoms. The van der Waals surface area contributed by atoms with Crippen molar-refractivity contribution in [3.63, 3.8) is 0 Å². The van der Waals surface area contributed by atoms with Crippen LogP contribution in [0.1, 0.15) is 24.4 Å². The average Bonchev–Trinajstić information content (AvgIpc) is 3.06. The van der Waals surface area contributed by atoms with Gasteiger partial charge in [-0.05, 0) is 25.0 Å². The van der Waals surface area contributed by atoms with Crippen molar-refractivity contribution in [2.75, 3.05) is 0 Å². The molecule has 1 aromatic carbocycles. The molecule has 0 saturated heterocycles. The van der Waals surface area contributed by atoms with Crippen LogP contribution in [0.4, 0.5) is 13.2 Å². The Bertz CT molecular complexity index is 669. The summed E-state index contributed by atoms with van der Waals surface area (Å²) in [6, 6.07) is 4.53. The molecule has 0 aliphatic heterocycles. The maximum Gasteiger partial charge on any atom is 0.416 e. The SMILES string of the molecule is O[C@@H]1[C@H](O)CC[C@H]1n1ccnc1-c1cccc(C(F)(F)F)c1. The second-order valence-electron chi connectivity index (χ2n) is 5.44. The van der Waals surface area contributed by atoms with Gasteiger partial charge in [0.05, 0.1) is 17.7 Å². The number of aromatic nitrogens is 2. The van der Waals surface area contributed by atoms with Crippen LogP contribution in [0.2, 0.25) is 0 Å². The zero-order valence-electron chi connectivity index (χ0n) is 11.5. The summed E-state index contributed by atoms with van der Waals surface area (Å²) in [5.74, 6) is 0.351. The highest BCUT2D eigenvalue weighted by molar-refractivity contribution is 5.57. The highest BCUT2D eigenvalue weighted by Crippen LogP contribution is 2.35. The first-order valence-corrected chi connectivity index (χ1v) is 6.94. The summed E-state index contributed by atoms with van der Waals surface area (Å²) in [6.45, 7) is 0. The number of hydrogen-bond acceptors (Lipinski definition) is 3. The number of aliphatic hydroxyl groups excluding tert-OH is 2. The molecule has 0 spiro atoms. The van der Waals surface area contributed by atoms with Crippen LogP contribution in [0.5, 0.6) is 0 Å². The fourth-order valence-corrected chi connectivity index (χ4v) is 2.88. The smallest absolute Gasteiger partial charge is 0.390 e. The maximum absolute atomic E-state index is 12.8. The number of halogens is 3. The summed E-state index contributed by atoms with van der Waals surface area (Å²) in [5, 5.41) is 19.7. The zero-order valence-corrected chi connectivity index (χ0v) is 11.5. The van der Waals surface area contributed by atoms with Crippen molar-refractivity contribution < 1.29 is 23.4 Å². The highest BCUT2D eigenvalue weighted by atomic mass is 19.4. The molecule has 1 fully saturated rings. The second-order valence-corrected chi connectivity index (χ2v) is 5.44. The third kappa shape index (κ3) is 2.62. The molecule has 1 heterocycles. The normalized spacial score (nSPS) is 25.6. The molecule has 2 aromatic rings. The van der Waals surface area contributed by atoms with E-state index in [-0.39, 0.29) is 6.04 Å². The molecule has 2 N–H and O–H groups in total. The number of imidazole rings is 1. The predicted octanol–water partition coefficient (Wildman–Crippen LogP) is 2.63. The Hall–Kier alpha value is -1.86. The topological polar surface area (TPSA) is 58.3 Å². The molecule has 0 amide bonds. The van der Waals surface area contributed by atoms with Crippen LogP contribution in [0, 0.1) is 0 Å². The monoisotopic (exact) mass is 312 g/mol. The van der Waals surface area contributed by atoms with Crippen molar-refractivity contribution >= 4 is 0 Å². The van der Waals surface area contributed by atoms with Gasteiger partial charge in [0.2, 0.25) is 0 Å². The number of nitrogens with zero attached hydrogens (tertiary/aromatic N) is 2. The lowest BCUT2D eigenvalue weighted by atomic mass is 10.1. The van der Waals surface area contributed by atoms with Crippen molar-refractivity contribution in [2.45, 2.75) is 37.3 Å². The van der Waals surface area contributed by atoms with Crippen LogP contribution in [-0.2, 0) is 6.18 Å². The summed E-state index contributed by atoms with van der Waals surface area (Å²) in [4.78, 5) is 4.12. The summed E-state index contributed by atoms with van der Waals surface area (Å²) >= 11 is 0. The van der Waals surface area contributed by atoms with E-state index in [0.717, 1.165) is 12.1 Å². The minimum absolute atomic E-state index is 0.327. The molecule has 7 heteroatoms. The summed E-state index contributed by atoms with van der Waals surface area (Å²) < 4.78 is 40.1. The molecule has 4 nitrogen and oxygen atoms in total. The molecule has 3 atom stereocenters. The van der Waals surface area contributed by atoms with Gasteiger partial charge >= 0.3 is 6.18 Å². The lowest BCUT2D eigenvalue weighted by Crippen LogP contribution is -2.27. The molecule has 0 radical (unpaired) electrons. The molecule has 1 saturated carbocycles. The van der Waals surface area contributed by atoms with Gasteiger partial charge in [-0.3, -0.25) is 0 Å². The van der Waals surface area contributed by atoms with Gasteiger partial charge < -0.3 is 14.8 Å². The fourth-order valence-electron chi connectivity index (χ4n) is 2.88. The van der Waals surface area contributed by atoms with Gasteiger partial charge in [0, 0.05) is 18.0 Å². The van der Waals surface area contributed by atoms with Crippen molar-refractivity contribution in [3.05, 3.63) is 42.2 Å². The molecule has 0 unspecified atom stereocenters. The summed E-state index contributed by atoms with van der Waals surface area (Å²) in [7, 11) is 0. The Morgan fingerprint density at radius 1 is 1.18 bits per heavy atom. The minimum atomic E-state index is -4.42. The number of rotatable bonds is 2. The third-order valence-corrected chi connectivity index (χ3v) is 4.02. The van der Waals surface area contributed by atoms with Gasteiger partial charge in [-0.1, -0.05) is 12.1 Å². The predicted molar refractivity (Wildman–Crippen MR) is 72.9 cm³/mol. The van der Waals surface area contributed by atoms with Crippen LogP contribution in [-0.4, -0.2) is 32.0 Å². The fraction of sp³-hybridized carbons (Fsp3) is 0.400. The third-order valence-electron chi connectivity index (χ3n) is 4.02. The molecular formula is C15H15F3N2O2. The van der Waals surface area contributed by atoms with Crippen LogP contribution in [0.15, 0.2) is 36.7 Å². The molecule has 1 aliphatic carbocycles. The van der Waals surface area contributed by atoms with E-state index in [1.807, 2.05) is 0 Å². The lowest BCUT2D eigenvalue weighted by Gasteiger charge is -2.20. The van der Waals surface area contributed by atoms with E-state index in [1.165, 1.54) is 12.3 Å². The average molecular weight is 312 g/mol. The van der Waals surface area contributed by atoms with Gasteiger partial charge in [0.1, 0.15) is 11.9 Å². The van der Waals surface area contributed by atoms with Crippen LogP contribution in [0.25, 0.3) is 11.4 Å². The first-order valence-electron chi connectivity index (χ1n) is 6.94. The van der Waals surface area contributed by atoms with Crippen LogP contribution in [0.3, 0.4) is 0 Å².